The minimum absolute atomic E-state index is 0.123. The lowest BCUT2D eigenvalue weighted by Crippen LogP contribution is -2.37. The van der Waals surface area contributed by atoms with Crippen LogP contribution in [0.2, 0.25) is 0 Å². The molecule has 1 N–H and O–H groups in total. The molecule has 0 saturated heterocycles. The van der Waals surface area contributed by atoms with E-state index >= 15 is 0 Å². The third-order valence-corrected chi connectivity index (χ3v) is 3.94. The minimum Gasteiger partial charge on any atom is -0.392 e. The fourth-order valence-electron chi connectivity index (χ4n) is 2.29. The summed E-state index contributed by atoms with van der Waals surface area (Å²) in [4.78, 5) is 0. The van der Waals surface area contributed by atoms with Crippen molar-refractivity contribution in [2.45, 2.75) is 59.0 Å². The van der Waals surface area contributed by atoms with Crippen LogP contribution >= 0.6 is 0 Å². The molecule has 1 rings (SSSR count). The summed E-state index contributed by atoms with van der Waals surface area (Å²) in [6, 6.07) is 0. The maximum absolute atomic E-state index is 10.3. The van der Waals surface area contributed by atoms with Gasteiger partial charge >= 0.3 is 0 Å². The van der Waals surface area contributed by atoms with Crippen molar-refractivity contribution in [3.8, 4) is 0 Å². The van der Waals surface area contributed by atoms with E-state index in [9.17, 15) is 5.11 Å². The standard InChI is InChI=1S/C13H24O/c1-10(2)13(3,4)12(14)11-8-6-5-7-9-11/h11-12,14H,1,5-9H2,2-4H3. The first-order chi connectivity index (χ1) is 6.46. The normalized spacial score (nSPS) is 22.0. The highest BCUT2D eigenvalue weighted by Crippen LogP contribution is 2.38. The summed E-state index contributed by atoms with van der Waals surface area (Å²) in [5.41, 5.74) is 0.970. The molecule has 82 valence electrons. The molecule has 1 aliphatic rings. The largest absolute Gasteiger partial charge is 0.392 e. The van der Waals surface area contributed by atoms with E-state index in [1.165, 1.54) is 32.1 Å². The van der Waals surface area contributed by atoms with Gasteiger partial charge in [-0.25, -0.2) is 0 Å². The van der Waals surface area contributed by atoms with Gasteiger partial charge in [0.15, 0.2) is 0 Å². The zero-order chi connectivity index (χ0) is 10.8. The van der Waals surface area contributed by atoms with Crippen LogP contribution in [0.15, 0.2) is 12.2 Å². The number of hydrogen-bond donors (Lipinski definition) is 1. The lowest BCUT2D eigenvalue weighted by molar-refractivity contribution is 0.00720. The van der Waals surface area contributed by atoms with Crippen LogP contribution in [-0.2, 0) is 0 Å². The molecule has 0 heterocycles. The van der Waals surface area contributed by atoms with Crippen molar-refractivity contribution in [1.82, 2.24) is 0 Å². The monoisotopic (exact) mass is 196 g/mol. The Kier molecular flexibility index (Phi) is 3.77. The van der Waals surface area contributed by atoms with E-state index in [2.05, 4.69) is 20.4 Å². The molecule has 1 fully saturated rings. The van der Waals surface area contributed by atoms with Crippen LogP contribution in [0.5, 0.6) is 0 Å². The summed E-state index contributed by atoms with van der Waals surface area (Å²) in [6.45, 7) is 10.2. The van der Waals surface area contributed by atoms with Crippen molar-refractivity contribution < 1.29 is 5.11 Å². The summed E-state index contributed by atoms with van der Waals surface area (Å²) in [5.74, 6) is 0.496. The average Bonchev–Trinajstić information content (AvgIpc) is 2.17. The molecule has 1 nitrogen and oxygen atoms in total. The van der Waals surface area contributed by atoms with Crippen molar-refractivity contribution >= 4 is 0 Å². The molecule has 14 heavy (non-hydrogen) atoms. The molecule has 0 spiro atoms. The third kappa shape index (κ3) is 2.38. The quantitative estimate of drug-likeness (QED) is 0.685. The van der Waals surface area contributed by atoms with Crippen LogP contribution in [0.25, 0.3) is 0 Å². The highest BCUT2D eigenvalue weighted by molar-refractivity contribution is 5.07. The molecule has 0 aromatic heterocycles. The summed E-state index contributed by atoms with van der Waals surface area (Å²) in [7, 11) is 0. The summed E-state index contributed by atoms with van der Waals surface area (Å²) < 4.78 is 0. The van der Waals surface area contributed by atoms with Gasteiger partial charge < -0.3 is 5.11 Å². The first kappa shape index (κ1) is 11.8. The first-order valence-corrected chi connectivity index (χ1v) is 5.80. The van der Waals surface area contributed by atoms with Gasteiger partial charge in [-0.2, -0.15) is 0 Å². The van der Waals surface area contributed by atoms with Crippen LogP contribution < -0.4 is 0 Å². The third-order valence-electron chi connectivity index (χ3n) is 3.94. The molecule has 0 aliphatic heterocycles. The number of aliphatic hydroxyl groups excluding tert-OH is 1. The Morgan fingerprint density at radius 2 is 1.79 bits per heavy atom. The van der Waals surface area contributed by atoms with E-state index < -0.39 is 0 Å². The zero-order valence-electron chi connectivity index (χ0n) is 9.84. The second kappa shape index (κ2) is 4.48. The molecule has 1 saturated carbocycles. The van der Waals surface area contributed by atoms with Crippen molar-refractivity contribution in [2.24, 2.45) is 11.3 Å². The molecular formula is C13H24O. The summed E-state index contributed by atoms with van der Waals surface area (Å²) >= 11 is 0. The van der Waals surface area contributed by atoms with E-state index in [1.54, 1.807) is 0 Å². The maximum atomic E-state index is 10.3. The van der Waals surface area contributed by atoms with E-state index in [1.807, 2.05) is 6.92 Å². The van der Waals surface area contributed by atoms with Crippen LogP contribution in [-0.4, -0.2) is 11.2 Å². The predicted molar refractivity (Wildman–Crippen MR) is 61.2 cm³/mol. The van der Waals surface area contributed by atoms with Crippen molar-refractivity contribution in [3.05, 3.63) is 12.2 Å². The van der Waals surface area contributed by atoms with Crippen LogP contribution in [0.4, 0.5) is 0 Å². The Balaban J connectivity index is 2.62. The Labute approximate surface area is 88.2 Å². The van der Waals surface area contributed by atoms with Gasteiger partial charge in [0.2, 0.25) is 0 Å². The van der Waals surface area contributed by atoms with Gasteiger partial charge in [-0.05, 0) is 25.7 Å². The zero-order valence-corrected chi connectivity index (χ0v) is 9.84. The van der Waals surface area contributed by atoms with Gasteiger partial charge in [0.05, 0.1) is 6.10 Å². The molecule has 0 aromatic carbocycles. The van der Waals surface area contributed by atoms with Gasteiger partial charge in [0.1, 0.15) is 0 Å². The fourth-order valence-corrected chi connectivity index (χ4v) is 2.29. The van der Waals surface area contributed by atoms with Gasteiger partial charge in [0.25, 0.3) is 0 Å². The Morgan fingerprint density at radius 3 is 2.21 bits per heavy atom. The van der Waals surface area contributed by atoms with Crippen LogP contribution in [0, 0.1) is 11.3 Å². The number of aliphatic hydroxyl groups is 1. The molecular weight excluding hydrogens is 172 g/mol. The predicted octanol–water partition coefficient (Wildman–Crippen LogP) is 3.53. The van der Waals surface area contributed by atoms with E-state index in [4.69, 9.17) is 0 Å². The SMILES string of the molecule is C=C(C)C(C)(C)C(O)C1CCCCC1. The minimum atomic E-state index is -0.208. The molecule has 0 bridgehead atoms. The van der Waals surface area contributed by atoms with Crippen molar-refractivity contribution in [2.75, 3.05) is 0 Å². The van der Waals surface area contributed by atoms with Crippen LogP contribution in [0.1, 0.15) is 52.9 Å². The molecule has 0 aromatic rings. The molecule has 1 heteroatoms. The fraction of sp³-hybridized carbons (Fsp3) is 0.846. The van der Waals surface area contributed by atoms with Gasteiger partial charge in [-0.3, -0.25) is 0 Å². The Hall–Kier alpha value is -0.300. The highest BCUT2D eigenvalue weighted by Gasteiger charge is 2.35. The lowest BCUT2D eigenvalue weighted by atomic mass is 9.71. The second-order valence-corrected chi connectivity index (χ2v) is 5.34. The topological polar surface area (TPSA) is 20.2 Å². The summed E-state index contributed by atoms with van der Waals surface area (Å²) in [5, 5.41) is 10.3. The smallest absolute Gasteiger partial charge is 0.0656 e. The molecule has 1 aliphatic carbocycles. The first-order valence-electron chi connectivity index (χ1n) is 5.80. The average molecular weight is 196 g/mol. The highest BCUT2D eigenvalue weighted by atomic mass is 16.3. The Morgan fingerprint density at radius 1 is 1.29 bits per heavy atom. The molecule has 1 unspecified atom stereocenters. The molecule has 0 radical (unpaired) electrons. The summed E-state index contributed by atoms with van der Waals surface area (Å²) in [6.07, 6.45) is 6.09. The van der Waals surface area contributed by atoms with Gasteiger partial charge in [-0.15, -0.1) is 0 Å². The van der Waals surface area contributed by atoms with E-state index in [-0.39, 0.29) is 11.5 Å². The molecule has 0 amide bonds. The van der Waals surface area contributed by atoms with E-state index in [0.717, 1.165) is 5.57 Å². The second-order valence-electron chi connectivity index (χ2n) is 5.34. The lowest BCUT2D eigenvalue weighted by Gasteiger charge is -2.38. The van der Waals surface area contributed by atoms with Gasteiger partial charge in [-0.1, -0.05) is 45.3 Å². The van der Waals surface area contributed by atoms with Gasteiger partial charge in [0, 0.05) is 5.41 Å². The van der Waals surface area contributed by atoms with Crippen molar-refractivity contribution in [3.63, 3.8) is 0 Å². The molecule has 1 atom stereocenters. The van der Waals surface area contributed by atoms with Crippen LogP contribution in [0.3, 0.4) is 0 Å². The maximum Gasteiger partial charge on any atom is 0.0656 e. The Bertz CT molecular complexity index is 199. The number of rotatable bonds is 3. The van der Waals surface area contributed by atoms with E-state index in [0.29, 0.717) is 5.92 Å². The van der Waals surface area contributed by atoms with Crippen molar-refractivity contribution in [1.29, 1.82) is 0 Å². The number of hydrogen-bond acceptors (Lipinski definition) is 1.